The summed E-state index contributed by atoms with van der Waals surface area (Å²) in [4.78, 5) is 14.6. The van der Waals surface area contributed by atoms with Crippen LogP contribution in [0.15, 0.2) is 0 Å². The van der Waals surface area contributed by atoms with Crippen LogP contribution in [0.3, 0.4) is 0 Å². The van der Waals surface area contributed by atoms with Crippen molar-refractivity contribution in [2.75, 3.05) is 13.1 Å². The third-order valence-electron chi connectivity index (χ3n) is 4.62. The van der Waals surface area contributed by atoms with E-state index in [4.69, 9.17) is 5.73 Å². The zero-order chi connectivity index (χ0) is 13.1. The van der Waals surface area contributed by atoms with E-state index in [2.05, 4.69) is 18.7 Å². The minimum absolute atomic E-state index is 0.198. The Hall–Kier alpha value is -0.570. The average Bonchev–Trinajstić information content (AvgIpc) is 2.76. The fourth-order valence-corrected chi connectivity index (χ4v) is 3.79. The van der Waals surface area contributed by atoms with Crippen LogP contribution < -0.4 is 5.73 Å². The maximum atomic E-state index is 12.5. The summed E-state index contributed by atoms with van der Waals surface area (Å²) in [6.07, 6.45) is 6.73. The highest BCUT2D eigenvalue weighted by atomic mass is 16.2. The number of carbonyl (C=O) groups excluding carboxylic acids is 1. The Balaban J connectivity index is 1.87. The lowest BCUT2D eigenvalue weighted by molar-refractivity contribution is -0.136. The number of rotatable bonds is 3. The van der Waals surface area contributed by atoms with E-state index >= 15 is 0 Å². The first kappa shape index (κ1) is 13.9. The summed E-state index contributed by atoms with van der Waals surface area (Å²) < 4.78 is 0. The van der Waals surface area contributed by atoms with Crippen LogP contribution >= 0.6 is 0 Å². The Bertz CT molecular complexity index is 282. The molecule has 2 N–H and O–H groups in total. The van der Waals surface area contributed by atoms with E-state index in [1.807, 2.05) is 0 Å². The summed E-state index contributed by atoms with van der Waals surface area (Å²) in [7, 11) is 0. The molecule has 2 aliphatic rings. The Labute approximate surface area is 111 Å². The van der Waals surface area contributed by atoms with Gasteiger partial charge in [0.2, 0.25) is 5.91 Å². The van der Waals surface area contributed by atoms with E-state index in [0.717, 1.165) is 38.3 Å². The zero-order valence-electron chi connectivity index (χ0n) is 11.9. The molecule has 4 unspecified atom stereocenters. The van der Waals surface area contributed by atoms with Crippen molar-refractivity contribution in [3.8, 4) is 0 Å². The average molecular weight is 252 g/mol. The number of amides is 1. The van der Waals surface area contributed by atoms with Crippen molar-refractivity contribution in [2.24, 2.45) is 23.5 Å². The van der Waals surface area contributed by atoms with Gasteiger partial charge in [0, 0.05) is 25.0 Å². The molecule has 104 valence electrons. The number of hydrogen-bond donors (Lipinski definition) is 1. The van der Waals surface area contributed by atoms with E-state index < -0.39 is 0 Å². The molecule has 0 aromatic rings. The van der Waals surface area contributed by atoms with Gasteiger partial charge in [0.05, 0.1) is 0 Å². The summed E-state index contributed by atoms with van der Waals surface area (Å²) in [5.74, 6) is 1.94. The first-order chi connectivity index (χ1) is 8.60. The fourth-order valence-electron chi connectivity index (χ4n) is 3.79. The summed E-state index contributed by atoms with van der Waals surface area (Å²) in [6.45, 7) is 6.42. The van der Waals surface area contributed by atoms with Crippen LogP contribution in [0, 0.1) is 17.8 Å². The molecule has 1 aliphatic carbocycles. The number of likely N-dealkylation sites (tertiary alicyclic amines) is 1. The van der Waals surface area contributed by atoms with Crippen LogP contribution in [0.4, 0.5) is 0 Å². The number of hydrogen-bond acceptors (Lipinski definition) is 2. The first-order valence-corrected chi connectivity index (χ1v) is 7.64. The molecule has 1 amide bonds. The summed E-state index contributed by atoms with van der Waals surface area (Å²) in [5, 5.41) is 0. The van der Waals surface area contributed by atoms with Gasteiger partial charge in [-0.3, -0.25) is 4.79 Å². The Morgan fingerprint density at radius 2 is 2.11 bits per heavy atom. The maximum Gasteiger partial charge on any atom is 0.225 e. The zero-order valence-corrected chi connectivity index (χ0v) is 11.9. The minimum Gasteiger partial charge on any atom is -0.342 e. The van der Waals surface area contributed by atoms with Gasteiger partial charge in [-0.2, -0.15) is 0 Å². The van der Waals surface area contributed by atoms with E-state index in [1.165, 1.54) is 19.3 Å². The standard InChI is InChI=1S/C15H28N2O/c1-3-4-12-5-6-17(10-12)15(18)13-7-11(2)8-14(16)9-13/h11-14H,3-10,16H2,1-2H3. The van der Waals surface area contributed by atoms with Gasteiger partial charge < -0.3 is 10.6 Å². The lowest BCUT2D eigenvalue weighted by Gasteiger charge is -2.32. The Morgan fingerprint density at radius 3 is 2.78 bits per heavy atom. The highest BCUT2D eigenvalue weighted by molar-refractivity contribution is 5.79. The van der Waals surface area contributed by atoms with Gasteiger partial charge in [0.25, 0.3) is 0 Å². The smallest absolute Gasteiger partial charge is 0.225 e. The summed E-state index contributed by atoms with van der Waals surface area (Å²) >= 11 is 0. The summed E-state index contributed by atoms with van der Waals surface area (Å²) in [6, 6.07) is 0.233. The molecule has 1 saturated heterocycles. The summed E-state index contributed by atoms with van der Waals surface area (Å²) in [5.41, 5.74) is 6.06. The van der Waals surface area contributed by atoms with Gasteiger partial charge >= 0.3 is 0 Å². The van der Waals surface area contributed by atoms with Crippen molar-refractivity contribution in [3.05, 3.63) is 0 Å². The lowest BCUT2D eigenvalue weighted by Crippen LogP contribution is -2.41. The molecule has 0 bridgehead atoms. The predicted octanol–water partition coefficient (Wildman–Crippen LogP) is 2.40. The van der Waals surface area contributed by atoms with Crippen LogP contribution in [0.1, 0.15) is 52.4 Å². The van der Waals surface area contributed by atoms with E-state index in [9.17, 15) is 4.79 Å². The molecule has 3 heteroatoms. The normalized spacial score (nSPS) is 36.9. The second-order valence-electron chi connectivity index (χ2n) is 6.50. The molecule has 1 saturated carbocycles. The number of nitrogens with two attached hydrogens (primary N) is 1. The third-order valence-corrected chi connectivity index (χ3v) is 4.62. The molecule has 0 aromatic carbocycles. The number of nitrogens with zero attached hydrogens (tertiary/aromatic N) is 1. The van der Waals surface area contributed by atoms with Gasteiger partial charge in [-0.05, 0) is 43.9 Å². The second kappa shape index (κ2) is 6.05. The van der Waals surface area contributed by atoms with Crippen molar-refractivity contribution < 1.29 is 4.79 Å². The van der Waals surface area contributed by atoms with Gasteiger partial charge in [0.1, 0.15) is 0 Å². The largest absolute Gasteiger partial charge is 0.342 e. The Morgan fingerprint density at radius 1 is 1.33 bits per heavy atom. The van der Waals surface area contributed by atoms with E-state index in [0.29, 0.717) is 11.8 Å². The lowest BCUT2D eigenvalue weighted by atomic mass is 9.79. The van der Waals surface area contributed by atoms with Crippen LogP contribution in [0.2, 0.25) is 0 Å². The highest BCUT2D eigenvalue weighted by Gasteiger charge is 2.34. The molecule has 1 aliphatic heterocycles. The van der Waals surface area contributed by atoms with Crippen molar-refractivity contribution in [3.63, 3.8) is 0 Å². The number of carbonyl (C=O) groups is 1. The fraction of sp³-hybridized carbons (Fsp3) is 0.933. The van der Waals surface area contributed by atoms with Gasteiger partial charge in [0.15, 0.2) is 0 Å². The van der Waals surface area contributed by atoms with Crippen molar-refractivity contribution in [1.82, 2.24) is 4.90 Å². The Kier molecular flexibility index (Phi) is 4.66. The molecular formula is C15H28N2O. The van der Waals surface area contributed by atoms with E-state index in [-0.39, 0.29) is 12.0 Å². The van der Waals surface area contributed by atoms with Gasteiger partial charge in [-0.15, -0.1) is 0 Å². The topological polar surface area (TPSA) is 46.3 Å². The monoisotopic (exact) mass is 252 g/mol. The molecule has 2 rings (SSSR count). The second-order valence-corrected chi connectivity index (χ2v) is 6.50. The van der Waals surface area contributed by atoms with Gasteiger partial charge in [-0.1, -0.05) is 20.3 Å². The van der Waals surface area contributed by atoms with Crippen LogP contribution in [0.25, 0.3) is 0 Å². The van der Waals surface area contributed by atoms with Crippen molar-refractivity contribution in [1.29, 1.82) is 0 Å². The van der Waals surface area contributed by atoms with Crippen LogP contribution in [-0.2, 0) is 4.79 Å². The van der Waals surface area contributed by atoms with Crippen LogP contribution in [0.5, 0.6) is 0 Å². The van der Waals surface area contributed by atoms with Crippen molar-refractivity contribution in [2.45, 2.75) is 58.4 Å². The quantitative estimate of drug-likeness (QED) is 0.838. The molecule has 0 aromatic heterocycles. The highest BCUT2D eigenvalue weighted by Crippen LogP contribution is 2.31. The SMILES string of the molecule is CCCC1CCN(C(=O)C2CC(C)CC(N)C2)C1. The molecule has 4 atom stereocenters. The van der Waals surface area contributed by atoms with Crippen molar-refractivity contribution >= 4 is 5.91 Å². The molecule has 1 heterocycles. The molecule has 2 fully saturated rings. The first-order valence-electron chi connectivity index (χ1n) is 7.64. The molecule has 18 heavy (non-hydrogen) atoms. The molecular weight excluding hydrogens is 224 g/mol. The van der Waals surface area contributed by atoms with Crippen LogP contribution in [-0.4, -0.2) is 29.9 Å². The minimum atomic E-state index is 0.198. The molecule has 0 radical (unpaired) electrons. The molecule has 0 spiro atoms. The third kappa shape index (κ3) is 3.25. The van der Waals surface area contributed by atoms with Gasteiger partial charge in [-0.25, -0.2) is 0 Å². The maximum absolute atomic E-state index is 12.5. The molecule has 3 nitrogen and oxygen atoms in total. The van der Waals surface area contributed by atoms with E-state index in [1.54, 1.807) is 0 Å². The predicted molar refractivity (Wildman–Crippen MR) is 74.1 cm³/mol.